The van der Waals surface area contributed by atoms with Crippen LogP contribution >= 0.6 is 0 Å². The third kappa shape index (κ3) is 4.71. The molecule has 0 aliphatic carbocycles. The summed E-state index contributed by atoms with van der Waals surface area (Å²) in [4.78, 5) is 12.1. The molecule has 0 bridgehead atoms. The maximum Gasteiger partial charge on any atom is 0.361 e. The smallest absolute Gasteiger partial charge is 0.361 e. The van der Waals surface area contributed by atoms with E-state index < -0.39 is 12.4 Å². The Labute approximate surface area is 158 Å². The molecule has 2 atom stereocenters. The summed E-state index contributed by atoms with van der Waals surface area (Å²) in [5.41, 5.74) is 1.22. The number of rotatable bonds is 8. The highest BCUT2D eigenvalue weighted by Crippen LogP contribution is 2.42. The molecule has 1 aliphatic rings. The minimum Gasteiger partial charge on any atom is -0.478 e. The van der Waals surface area contributed by atoms with Gasteiger partial charge in [0.25, 0.3) is 0 Å². The first-order chi connectivity index (χ1) is 13.1. The number of carbonyl (C=O) groups is 1. The first-order valence-corrected chi connectivity index (χ1v) is 9.12. The van der Waals surface area contributed by atoms with Crippen LogP contribution in [-0.2, 0) is 9.53 Å². The monoisotopic (exact) mass is 372 g/mol. The van der Waals surface area contributed by atoms with E-state index in [1.54, 1.807) is 30.3 Å². The van der Waals surface area contributed by atoms with Crippen molar-refractivity contribution in [3.63, 3.8) is 0 Å². The molecular formula is C21H24O6. The zero-order valence-corrected chi connectivity index (χ0v) is 15.8. The molecule has 0 saturated carbocycles. The fourth-order valence-corrected chi connectivity index (χ4v) is 2.64. The number of para-hydroxylation sites is 1. The summed E-state index contributed by atoms with van der Waals surface area (Å²) in [5.74, 6) is 1.80. The second-order valence-electron chi connectivity index (χ2n) is 6.20. The van der Waals surface area contributed by atoms with Crippen LogP contribution in [0.3, 0.4) is 0 Å². The molecule has 6 nitrogen and oxygen atoms in total. The Hall–Kier alpha value is -2.73. The predicted octanol–water partition coefficient (Wildman–Crippen LogP) is 4.28. The van der Waals surface area contributed by atoms with Crippen LogP contribution in [0.2, 0.25) is 0 Å². The normalized spacial score (nSPS) is 16.0. The highest BCUT2D eigenvalue weighted by atomic mass is 16.9. The molecular weight excluding hydrogens is 348 g/mol. The molecule has 0 aromatic heterocycles. The number of esters is 1. The number of hydrogen-bond donors (Lipinski definition) is 0. The van der Waals surface area contributed by atoms with Gasteiger partial charge in [0.2, 0.25) is 5.75 Å². The van der Waals surface area contributed by atoms with Crippen LogP contribution in [0.4, 0.5) is 0 Å². The first kappa shape index (κ1) is 19.0. The van der Waals surface area contributed by atoms with Gasteiger partial charge in [-0.25, -0.2) is 4.79 Å². The fraction of sp³-hybridized carbons (Fsp3) is 0.381. The van der Waals surface area contributed by atoms with E-state index >= 15 is 0 Å². The van der Waals surface area contributed by atoms with E-state index in [2.05, 4.69) is 13.8 Å². The van der Waals surface area contributed by atoms with Crippen LogP contribution in [0.25, 0.3) is 0 Å². The summed E-state index contributed by atoms with van der Waals surface area (Å²) < 4.78 is 27.2. The molecule has 0 spiro atoms. The van der Waals surface area contributed by atoms with E-state index in [-0.39, 0.29) is 6.61 Å². The van der Waals surface area contributed by atoms with E-state index in [1.165, 1.54) is 5.56 Å². The van der Waals surface area contributed by atoms with Gasteiger partial charge < -0.3 is 23.7 Å². The summed E-state index contributed by atoms with van der Waals surface area (Å²) in [7, 11) is 0. The molecule has 6 heteroatoms. The Morgan fingerprint density at radius 3 is 2.59 bits per heavy atom. The van der Waals surface area contributed by atoms with Gasteiger partial charge in [-0.1, -0.05) is 32.0 Å². The van der Waals surface area contributed by atoms with Crippen LogP contribution in [0.5, 0.6) is 23.0 Å². The molecule has 0 N–H and O–H groups in total. The van der Waals surface area contributed by atoms with Gasteiger partial charge in [-0.3, -0.25) is 0 Å². The zero-order chi connectivity index (χ0) is 19.2. The van der Waals surface area contributed by atoms with Crippen molar-refractivity contribution in [2.45, 2.75) is 39.6 Å². The van der Waals surface area contributed by atoms with Crippen molar-refractivity contribution >= 4 is 5.97 Å². The average molecular weight is 372 g/mol. The third-order valence-electron chi connectivity index (χ3n) is 4.32. The van der Waals surface area contributed by atoms with Gasteiger partial charge in [-0.2, -0.15) is 0 Å². The SMILES string of the molecule is CCOC1Oc2cccc(OCC(=O)Oc3ccc(C(C)CC)cc3)c2O1. The Kier molecular flexibility index (Phi) is 6.19. The number of hydrogen-bond acceptors (Lipinski definition) is 6. The quantitative estimate of drug-likeness (QED) is 0.509. The molecule has 144 valence electrons. The molecule has 0 amide bonds. The van der Waals surface area contributed by atoms with E-state index in [0.29, 0.717) is 35.5 Å². The van der Waals surface area contributed by atoms with Crippen molar-refractivity contribution in [3.05, 3.63) is 48.0 Å². The number of carbonyl (C=O) groups excluding carboxylic acids is 1. The van der Waals surface area contributed by atoms with Crippen LogP contribution in [-0.4, -0.2) is 25.7 Å². The van der Waals surface area contributed by atoms with Gasteiger partial charge in [0.1, 0.15) is 5.75 Å². The first-order valence-electron chi connectivity index (χ1n) is 9.12. The predicted molar refractivity (Wildman–Crippen MR) is 99.4 cm³/mol. The lowest BCUT2D eigenvalue weighted by Crippen LogP contribution is -2.22. The molecule has 0 saturated heterocycles. The minimum atomic E-state index is -0.800. The van der Waals surface area contributed by atoms with Crippen molar-refractivity contribution < 1.29 is 28.5 Å². The molecule has 3 rings (SSSR count). The van der Waals surface area contributed by atoms with E-state index in [1.807, 2.05) is 19.1 Å². The summed E-state index contributed by atoms with van der Waals surface area (Å²) in [6, 6.07) is 12.7. The Balaban J connectivity index is 1.55. The molecule has 0 radical (unpaired) electrons. The van der Waals surface area contributed by atoms with Crippen LogP contribution in [0, 0.1) is 0 Å². The maximum atomic E-state index is 12.1. The summed E-state index contributed by atoms with van der Waals surface area (Å²) >= 11 is 0. The average Bonchev–Trinajstić information content (AvgIpc) is 3.10. The van der Waals surface area contributed by atoms with Crippen LogP contribution in [0.1, 0.15) is 38.7 Å². The highest BCUT2D eigenvalue weighted by molar-refractivity contribution is 5.74. The van der Waals surface area contributed by atoms with Crippen molar-refractivity contribution in [2.24, 2.45) is 0 Å². The fourth-order valence-electron chi connectivity index (χ4n) is 2.64. The van der Waals surface area contributed by atoms with Crippen molar-refractivity contribution in [3.8, 4) is 23.0 Å². The van der Waals surface area contributed by atoms with Crippen molar-refractivity contribution in [1.29, 1.82) is 0 Å². The van der Waals surface area contributed by atoms with E-state index in [9.17, 15) is 4.79 Å². The zero-order valence-electron chi connectivity index (χ0n) is 15.8. The minimum absolute atomic E-state index is 0.244. The van der Waals surface area contributed by atoms with Gasteiger partial charge in [0.05, 0.1) is 6.61 Å². The Morgan fingerprint density at radius 2 is 1.89 bits per heavy atom. The van der Waals surface area contributed by atoms with E-state index in [4.69, 9.17) is 23.7 Å². The number of fused-ring (bicyclic) bond motifs is 1. The number of benzene rings is 2. The second kappa shape index (κ2) is 8.77. The Morgan fingerprint density at radius 1 is 1.11 bits per heavy atom. The molecule has 1 aliphatic heterocycles. The van der Waals surface area contributed by atoms with Gasteiger partial charge >= 0.3 is 12.4 Å². The van der Waals surface area contributed by atoms with Gasteiger partial charge in [0, 0.05) is 0 Å². The topological polar surface area (TPSA) is 63.2 Å². The highest BCUT2D eigenvalue weighted by Gasteiger charge is 2.28. The lowest BCUT2D eigenvalue weighted by Gasteiger charge is -2.11. The Bertz CT molecular complexity index is 771. The third-order valence-corrected chi connectivity index (χ3v) is 4.32. The lowest BCUT2D eigenvalue weighted by molar-refractivity contribution is -0.173. The lowest BCUT2D eigenvalue weighted by atomic mass is 9.99. The van der Waals surface area contributed by atoms with Gasteiger partial charge in [0.15, 0.2) is 18.1 Å². The maximum absolute atomic E-state index is 12.1. The molecule has 2 unspecified atom stereocenters. The summed E-state index contributed by atoms with van der Waals surface area (Å²) in [6.07, 6.45) is 1.06. The molecule has 2 aromatic carbocycles. The van der Waals surface area contributed by atoms with Crippen LogP contribution in [0.15, 0.2) is 42.5 Å². The largest absolute Gasteiger partial charge is 0.478 e. The molecule has 2 aromatic rings. The second-order valence-corrected chi connectivity index (χ2v) is 6.20. The standard InChI is InChI=1S/C21H24O6/c1-4-14(3)15-9-11-16(12-10-15)25-19(22)13-24-17-7-6-8-18-20(17)27-21(26-18)23-5-2/h6-12,14,21H,4-5,13H2,1-3H3. The molecule has 0 fully saturated rings. The van der Waals surface area contributed by atoms with Gasteiger partial charge in [-0.15, -0.1) is 0 Å². The number of ether oxygens (including phenoxy) is 5. The van der Waals surface area contributed by atoms with E-state index in [0.717, 1.165) is 6.42 Å². The summed E-state index contributed by atoms with van der Waals surface area (Å²) in [6.45, 7) is 5.56. The summed E-state index contributed by atoms with van der Waals surface area (Å²) in [5, 5.41) is 0. The molecule has 1 heterocycles. The van der Waals surface area contributed by atoms with Crippen molar-refractivity contribution in [2.75, 3.05) is 13.2 Å². The van der Waals surface area contributed by atoms with Gasteiger partial charge in [-0.05, 0) is 49.1 Å². The molecule has 27 heavy (non-hydrogen) atoms. The van der Waals surface area contributed by atoms with Crippen molar-refractivity contribution in [1.82, 2.24) is 0 Å². The van der Waals surface area contributed by atoms with Crippen LogP contribution < -0.4 is 18.9 Å².